The Hall–Kier alpha value is -2.14. The van der Waals surface area contributed by atoms with Crippen molar-refractivity contribution in [1.29, 1.82) is 0 Å². The van der Waals surface area contributed by atoms with Crippen molar-refractivity contribution in [3.8, 4) is 0 Å². The molecule has 3 rings (SSSR count). The lowest BCUT2D eigenvalue weighted by Gasteiger charge is -2.15. The molecule has 1 aliphatic heterocycles. The van der Waals surface area contributed by atoms with Crippen molar-refractivity contribution in [3.63, 3.8) is 0 Å². The van der Waals surface area contributed by atoms with Crippen molar-refractivity contribution in [2.24, 2.45) is 0 Å². The van der Waals surface area contributed by atoms with Crippen molar-refractivity contribution >= 4 is 22.6 Å². The van der Waals surface area contributed by atoms with E-state index in [1.54, 1.807) is 0 Å². The zero-order valence-electron chi connectivity index (χ0n) is 12.9. The minimum absolute atomic E-state index is 0.154. The second-order valence-electron chi connectivity index (χ2n) is 5.79. The molecule has 0 saturated carbocycles. The summed E-state index contributed by atoms with van der Waals surface area (Å²) in [6, 6.07) is 9.61. The lowest BCUT2D eigenvalue weighted by molar-refractivity contribution is 0.249. The summed E-state index contributed by atoms with van der Waals surface area (Å²) in [5.74, 6) is 0. The second-order valence-corrected chi connectivity index (χ2v) is 5.79. The summed E-state index contributed by atoms with van der Waals surface area (Å²) < 4.78 is 0. The summed E-state index contributed by atoms with van der Waals surface area (Å²) in [5, 5.41) is 6.81. The summed E-state index contributed by atoms with van der Waals surface area (Å²) in [6.07, 6.45) is 2.55. The predicted octanol–water partition coefficient (Wildman–Crippen LogP) is 2.76. The number of aromatic nitrogens is 1. The molecule has 1 aliphatic rings. The van der Waals surface area contributed by atoms with E-state index in [1.165, 1.54) is 12.8 Å². The van der Waals surface area contributed by atoms with Gasteiger partial charge in [0.1, 0.15) is 0 Å². The van der Waals surface area contributed by atoms with Gasteiger partial charge in [-0.3, -0.25) is 4.98 Å². The molecular formula is C17H22N4O. The Labute approximate surface area is 130 Å². The van der Waals surface area contributed by atoms with E-state index in [2.05, 4.69) is 20.5 Å². The van der Waals surface area contributed by atoms with Crippen LogP contribution in [0.4, 0.5) is 10.5 Å². The molecule has 116 valence electrons. The Bertz CT molecular complexity index is 665. The molecule has 1 fully saturated rings. The first-order valence-corrected chi connectivity index (χ1v) is 7.85. The number of aryl methyl sites for hydroxylation is 1. The minimum atomic E-state index is -0.154. The summed E-state index contributed by atoms with van der Waals surface area (Å²) in [5.41, 5.74) is 2.73. The van der Waals surface area contributed by atoms with Crippen LogP contribution in [0.3, 0.4) is 0 Å². The van der Waals surface area contributed by atoms with Gasteiger partial charge in [0.2, 0.25) is 0 Å². The molecule has 5 nitrogen and oxygen atoms in total. The largest absolute Gasteiger partial charge is 0.337 e. The standard InChI is InChI=1S/C17H22N4O/c1-13-4-5-14-12-15(6-7-16(14)19-13)20-17(22)18-8-11-21-9-2-3-10-21/h4-7,12H,2-3,8-11H2,1H3,(H2,18,20,22). The first kappa shape index (κ1) is 14.8. The Kier molecular flexibility index (Phi) is 4.53. The average Bonchev–Trinajstić information content (AvgIpc) is 3.01. The van der Waals surface area contributed by atoms with Gasteiger partial charge in [0.15, 0.2) is 0 Å². The van der Waals surface area contributed by atoms with E-state index >= 15 is 0 Å². The van der Waals surface area contributed by atoms with Crippen LogP contribution >= 0.6 is 0 Å². The molecule has 2 heterocycles. The summed E-state index contributed by atoms with van der Waals surface area (Å²) in [4.78, 5) is 18.8. The van der Waals surface area contributed by atoms with E-state index < -0.39 is 0 Å². The van der Waals surface area contributed by atoms with Gasteiger partial charge in [-0.2, -0.15) is 0 Å². The van der Waals surface area contributed by atoms with E-state index in [4.69, 9.17) is 0 Å². The molecule has 0 radical (unpaired) electrons. The molecule has 2 N–H and O–H groups in total. The third-order valence-electron chi connectivity index (χ3n) is 4.00. The van der Waals surface area contributed by atoms with Crippen molar-refractivity contribution in [2.45, 2.75) is 19.8 Å². The van der Waals surface area contributed by atoms with Crippen LogP contribution in [-0.2, 0) is 0 Å². The van der Waals surface area contributed by atoms with Gasteiger partial charge in [0, 0.05) is 29.9 Å². The maximum atomic E-state index is 11.9. The fourth-order valence-corrected chi connectivity index (χ4v) is 2.81. The lowest BCUT2D eigenvalue weighted by atomic mass is 10.2. The summed E-state index contributed by atoms with van der Waals surface area (Å²) >= 11 is 0. The van der Waals surface area contributed by atoms with Crippen LogP contribution in [0.5, 0.6) is 0 Å². The predicted molar refractivity (Wildman–Crippen MR) is 89.2 cm³/mol. The van der Waals surface area contributed by atoms with Gasteiger partial charge in [0.05, 0.1) is 5.52 Å². The van der Waals surface area contributed by atoms with Crippen molar-refractivity contribution in [2.75, 3.05) is 31.5 Å². The number of hydrogen-bond donors (Lipinski definition) is 2. The van der Waals surface area contributed by atoms with Gasteiger partial charge in [-0.05, 0) is 57.1 Å². The van der Waals surface area contributed by atoms with Crippen LogP contribution in [0.2, 0.25) is 0 Å². The quantitative estimate of drug-likeness (QED) is 0.912. The molecule has 22 heavy (non-hydrogen) atoms. The molecule has 1 aromatic carbocycles. The van der Waals surface area contributed by atoms with Gasteiger partial charge in [-0.1, -0.05) is 6.07 Å². The van der Waals surface area contributed by atoms with E-state index in [0.717, 1.165) is 41.9 Å². The van der Waals surface area contributed by atoms with Crippen LogP contribution in [0.1, 0.15) is 18.5 Å². The maximum absolute atomic E-state index is 11.9. The Balaban J connectivity index is 1.53. The zero-order chi connectivity index (χ0) is 15.4. The van der Waals surface area contributed by atoms with Gasteiger partial charge in [-0.15, -0.1) is 0 Å². The highest BCUT2D eigenvalue weighted by molar-refractivity contribution is 5.92. The maximum Gasteiger partial charge on any atom is 0.319 e. The van der Waals surface area contributed by atoms with Crippen molar-refractivity contribution in [1.82, 2.24) is 15.2 Å². The summed E-state index contributed by atoms with van der Waals surface area (Å²) in [7, 11) is 0. The number of nitrogens with zero attached hydrogens (tertiary/aromatic N) is 2. The number of carbonyl (C=O) groups is 1. The van der Waals surface area contributed by atoms with Gasteiger partial charge in [0.25, 0.3) is 0 Å². The molecule has 5 heteroatoms. The summed E-state index contributed by atoms with van der Waals surface area (Å²) in [6.45, 7) is 5.88. The molecule has 0 spiro atoms. The fourth-order valence-electron chi connectivity index (χ4n) is 2.81. The molecule has 0 bridgehead atoms. The van der Waals surface area contributed by atoms with E-state index in [-0.39, 0.29) is 6.03 Å². The first-order chi connectivity index (χ1) is 10.7. The van der Waals surface area contributed by atoms with Crippen molar-refractivity contribution in [3.05, 3.63) is 36.0 Å². The average molecular weight is 298 g/mol. The van der Waals surface area contributed by atoms with Crippen LogP contribution in [0.25, 0.3) is 10.9 Å². The number of hydrogen-bond acceptors (Lipinski definition) is 3. The number of fused-ring (bicyclic) bond motifs is 1. The topological polar surface area (TPSA) is 57.3 Å². The number of urea groups is 1. The number of rotatable bonds is 4. The highest BCUT2D eigenvalue weighted by Gasteiger charge is 2.11. The number of likely N-dealkylation sites (tertiary alicyclic amines) is 1. The molecular weight excluding hydrogens is 276 g/mol. The van der Waals surface area contributed by atoms with E-state index in [0.29, 0.717) is 6.54 Å². The molecule has 2 amide bonds. The second kappa shape index (κ2) is 6.75. The van der Waals surface area contributed by atoms with Crippen LogP contribution in [0.15, 0.2) is 30.3 Å². The van der Waals surface area contributed by atoms with Crippen LogP contribution in [-0.4, -0.2) is 42.1 Å². The molecule has 0 unspecified atom stereocenters. The number of amides is 2. The van der Waals surface area contributed by atoms with E-state index in [9.17, 15) is 4.79 Å². The SMILES string of the molecule is Cc1ccc2cc(NC(=O)NCCN3CCCC3)ccc2n1. The fraction of sp³-hybridized carbons (Fsp3) is 0.412. The van der Waals surface area contributed by atoms with Crippen LogP contribution in [0, 0.1) is 6.92 Å². The Morgan fingerprint density at radius 1 is 1.23 bits per heavy atom. The molecule has 0 aliphatic carbocycles. The number of nitrogens with one attached hydrogen (secondary N) is 2. The Morgan fingerprint density at radius 3 is 2.86 bits per heavy atom. The molecule has 0 atom stereocenters. The third kappa shape index (κ3) is 3.74. The number of carbonyl (C=O) groups excluding carboxylic acids is 1. The minimum Gasteiger partial charge on any atom is -0.337 e. The first-order valence-electron chi connectivity index (χ1n) is 7.85. The highest BCUT2D eigenvalue weighted by Crippen LogP contribution is 2.18. The third-order valence-corrected chi connectivity index (χ3v) is 4.00. The monoisotopic (exact) mass is 298 g/mol. The van der Waals surface area contributed by atoms with Gasteiger partial charge >= 0.3 is 6.03 Å². The number of benzene rings is 1. The molecule has 2 aromatic rings. The zero-order valence-corrected chi connectivity index (χ0v) is 12.9. The lowest BCUT2D eigenvalue weighted by Crippen LogP contribution is -2.35. The van der Waals surface area contributed by atoms with Gasteiger partial charge < -0.3 is 15.5 Å². The molecule has 1 aromatic heterocycles. The van der Waals surface area contributed by atoms with Gasteiger partial charge in [-0.25, -0.2) is 4.79 Å². The smallest absolute Gasteiger partial charge is 0.319 e. The van der Waals surface area contributed by atoms with E-state index in [1.807, 2.05) is 37.3 Å². The number of anilines is 1. The van der Waals surface area contributed by atoms with Crippen molar-refractivity contribution < 1.29 is 4.79 Å². The highest BCUT2D eigenvalue weighted by atomic mass is 16.2. The normalized spacial score (nSPS) is 15.1. The Morgan fingerprint density at radius 2 is 2.05 bits per heavy atom. The van der Waals surface area contributed by atoms with Crippen LogP contribution < -0.4 is 10.6 Å². The number of pyridine rings is 1. The molecule has 1 saturated heterocycles.